The first-order valence-corrected chi connectivity index (χ1v) is 8.48. The van der Waals surface area contributed by atoms with Crippen molar-refractivity contribution in [3.63, 3.8) is 0 Å². The van der Waals surface area contributed by atoms with Crippen LogP contribution in [0.4, 0.5) is 5.69 Å². The van der Waals surface area contributed by atoms with Crippen LogP contribution in [0, 0.1) is 18.3 Å². The first-order chi connectivity index (χ1) is 12.7. The molecule has 5 heteroatoms. The first kappa shape index (κ1) is 16.1. The van der Waals surface area contributed by atoms with Gasteiger partial charge in [0.05, 0.1) is 6.42 Å². The number of nitriles is 1. The number of hydrogen-bond acceptors (Lipinski definition) is 4. The minimum Gasteiger partial charge on any atom is -0.360 e. The SMILES string of the molecule is Cc1onc(CC(=O)N2C[C@H](c3ccccc3)c3ccccc32)c1C#N. The normalized spacial score (nSPS) is 15.5. The van der Waals surface area contributed by atoms with Crippen molar-refractivity contribution in [3.8, 4) is 6.07 Å². The molecule has 0 unspecified atom stereocenters. The summed E-state index contributed by atoms with van der Waals surface area (Å²) in [6, 6.07) is 20.2. The third-order valence-electron chi connectivity index (χ3n) is 4.83. The van der Waals surface area contributed by atoms with Crippen molar-refractivity contribution >= 4 is 11.6 Å². The highest BCUT2D eigenvalue weighted by Crippen LogP contribution is 2.40. The Morgan fingerprint density at radius 2 is 1.96 bits per heavy atom. The Balaban J connectivity index is 1.65. The lowest BCUT2D eigenvalue weighted by Gasteiger charge is -2.17. The zero-order valence-corrected chi connectivity index (χ0v) is 14.3. The van der Waals surface area contributed by atoms with E-state index in [9.17, 15) is 10.1 Å². The van der Waals surface area contributed by atoms with E-state index in [1.54, 1.807) is 11.8 Å². The highest BCUT2D eigenvalue weighted by Gasteiger charge is 2.33. The average Bonchev–Trinajstić information content (AvgIpc) is 3.23. The molecular weight excluding hydrogens is 326 g/mol. The van der Waals surface area contributed by atoms with E-state index in [0.717, 1.165) is 11.3 Å². The largest absolute Gasteiger partial charge is 0.360 e. The summed E-state index contributed by atoms with van der Waals surface area (Å²) in [5.74, 6) is 0.505. The molecule has 0 fully saturated rings. The monoisotopic (exact) mass is 343 g/mol. The molecule has 1 amide bonds. The summed E-state index contributed by atoms with van der Waals surface area (Å²) in [5, 5.41) is 13.1. The van der Waals surface area contributed by atoms with Gasteiger partial charge in [-0.1, -0.05) is 53.7 Å². The van der Waals surface area contributed by atoms with Crippen LogP contribution in [0.1, 0.15) is 34.1 Å². The third kappa shape index (κ3) is 2.66. The number of benzene rings is 2. The molecule has 0 saturated carbocycles. The molecule has 2 heterocycles. The fourth-order valence-electron chi connectivity index (χ4n) is 3.53. The fraction of sp³-hybridized carbons (Fsp3) is 0.190. The van der Waals surface area contributed by atoms with E-state index < -0.39 is 0 Å². The summed E-state index contributed by atoms with van der Waals surface area (Å²) >= 11 is 0. The number of fused-ring (bicyclic) bond motifs is 1. The molecule has 4 rings (SSSR count). The van der Waals surface area contributed by atoms with E-state index in [0.29, 0.717) is 23.6 Å². The second kappa shape index (κ2) is 6.49. The van der Waals surface area contributed by atoms with Crippen molar-refractivity contribution in [1.29, 1.82) is 5.26 Å². The Morgan fingerprint density at radius 1 is 1.23 bits per heavy atom. The smallest absolute Gasteiger partial charge is 0.233 e. The Bertz CT molecular complexity index is 1000. The maximum Gasteiger partial charge on any atom is 0.233 e. The number of carbonyl (C=O) groups excluding carboxylic acids is 1. The molecule has 5 nitrogen and oxygen atoms in total. The average molecular weight is 343 g/mol. The molecule has 0 saturated heterocycles. The number of aryl methyl sites for hydroxylation is 1. The van der Waals surface area contributed by atoms with E-state index in [2.05, 4.69) is 29.4 Å². The topological polar surface area (TPSA) is 70.1 Å². The number of amides is 1. The molecule has 26 heavy (non-hydrogen) atoms. The van der Waals surface area contributed by atoms with Gasteiger partial charge in [0.15, 0.2) is 5.76 Å². The maximum absolute atomic E-state index is 13.0. The molecule has 1 aliphatic heterocycles. The van der Waals surface area contributed by atoms with Crippen molar-refractivity contribution < 1.29 is 9.32 Å². The van der Waals surface area contributed by atoms with Gasteiger partial charge in [-0.2, -0.15) is 5.26 Å². The van der Waals surface area contributed by atoms with Crippen LogP contribution in [0.2, 0.25) is 0 Å². The van der Waals surface area contributed by atoms with Crippen molar-refractivity contribution in [2.45, 2.75) is 19.3 Å². The second-order valence-corrected chi connectivity index (χ2v) is 6.38. The molecule has 2 aromatic carbocycles. The first-order valence-electron chi connectivity index (χ1n) is 8.48. The Hall–Kier alpha value is -3.39. The van der Waals surface area contributed by atoms with Gasteiger partial charge in [0.25, 0.3) is 0 Å². The number of anilines is 1. The van der Waals surface area contributed by atoms with Gasteiger partial charge in [-0.15, -0.1) is 0 Å². The number of rotatable bonds is 3. The highest BCUT2D eigenvalue weighted by molar-refractivity contribution is 5.97. The molecule has 0 N–H and O–H groups in total. The van der Waals surface area contributed by atoms with Crippen LogP contribution in [0.3, 0.4) is 0 Å². The molecule has 0 radical (unpaired) electrons. The van der Waals surface area contributed by atoms with Gasteiger partial charge in [-0.3, -0.25) is 4.79 Å². The van der Waals surface area contributed by atoms with Crippen LogP contribution in [-0.2, 0) is 11.2 Å². The summed E-state index contributed by atoms with van der Waals surface area (Å²) in [4.78, 5) is 14.8. The van der Waals surface area contributed by atoms with E-state index in [-0.39, 0.29) is 18.2 Å². The molecule has 0 bridgehead atoms. The lowest BCUT2D eigenvalue weighted by Crippen LogP contribution is -2.31. The Kier molecular flexibility index (Phi) is 4.02. The van der Waals surface area contributed by atoms with Gasteiger partial charge in [0, 0.05) is 18.2 Å². The fourth-order valence-corrected chi connectivity index (χ4v) is 3.53. The van der Waals surface area contributed by atoms with Crippen molar-refractivity contribution in [2.24, 2.45) is 0 Å². The Morgan fingerprint density at radius 3 is 2.73 bits per heavy atom. The standard InChI is InChI=1S/C21H17N3O2/c1-14-17(12-22)19(23-26-14)11-21(25)24-13-18(15-7-3-2-4-8-15)16-9-5-6-10-20(16)24/h2-10,18H,11,13H2,1H3/t18-/m1/s1. The van der Waals surface area contributed by atoms with Gasteiger partial charge in [-0.25, -0.2) is 0 Å². The molecule has 1 aliphatic rings. The number of para-hydroxylation sites is 1. The van der Waals surface area contributed by atoms with Crippen LogP contribution in [0.25, 0.3) is 0 Å². The highest BCUT2D eigenvalue weighted by atomic mass is 16.5. The number of aromatic nitrogens is 1. The zero-order chi connectivity index (χ0) is 18.1. The van der Waals surface area contributed by atoms with Crippen LogP contribution >= 0.6 is 0 Å². The van der Waals surface area contributed by atoms with E-state index in [4.69, 9.17) is 4.52 Å². The quantitative estimate of drug-likeness (QED) is 0.729. The van der Waals surface area contributed by atoms with Gasteiger partial charge in [0.1, 0.15) is 17.3 Å². The van der Waals surface area contributed by atoms with Crippen LogP contribution in [0.15, 0.2) is 59.1 Å². The molecule has 0 aliphatic carbocycles. The minimum atomic E-state index is -0.0827. The Labute approximate surface area is 151 Å². The van der Waals surface area contributed by atoms with Crippen molar-refractivity contribution in [2.75, 3.05) is 11.4 Å². The predicted molar refractivity (Wildman–Crippen MR) is 96.7 cm³/mol. The lowest BCUT2D eigenvalue weighted by atomic mass is 9.93. The zero-order valence-electron chi connectivity index (χ0n) is 14.3. The van der Waals surface area contributed by atoms with E-state index >= 15 is 0 Å². The lowest BCUT2D eigenvalue weighted by molar-refractivity contribution is -0.118. The summed E-state index contributed by atoms with van der Waals surface area (Å²) < 4.78 is 5.07. The number of nitrogens with zero attached hydrogens (tertiary/aromatic N) is 3. The van der Waals surface area contributed by atoms with E-state index in [1.807, 2.05) is 36.4 Å². The summed E-state index contributed by atoms with van der Waals surface area (Å²) in [6.07, 6.45) is 0.0517. The summed E-state index contributed by atoms with van der Waals surface area (Å²) in [5.41, 5.74) is 4.00. The van der Waals surface area contributed by atoms with Gasteiger partial charge in [0.2, 0.25) is 5.91 Å². The second-order valence-electron chi connectivity index (χ2n) is 6.38. The number of carbonyl (C=O) groups is 1. The predicted octanol–water partition coefficient (Wildman–Crippen LogP) is 3.58. The van der Waals surface area contributed by atoms with Gasteiger partial charge in [-0.05, 0) is 24.1 Å². The maximum atomic E-state index is 13.0. The van der Waals surface area contributed by atoms with Crippen LogP contribution in [-0.4, -0.2) is 17.6 Å². The minimum absolute atomic E-state index is 0.0517. The molecule has 128 valence electrons. The van der Waals surface area contributed by atoms with Crippen molar-refractivity contribution in [3.05, 3.63) is 82.7 Å². The van der Waals surface area contributed by atoms with Crippen molar-refractivity contribution in [1.82, 2.24) is 5.16 Å². The van der Waals surface area contributed by atoms with Gasteiger partial charge >= 0.3 is 0 Å². The van der Waals surface area contributed by atoms with E-state index in [1.165, 1.54) is 5.56 Å². The van der Waals surface area contributed by atoms with Gasteiger partial charge < -0.3 is 9.42 Å². The van der Waals surface area contributed by atoms with Crippen LogP contribution < -0.4 is 4.90 Å². The molecule has 3 aromatic rings. The molecular formula is C21H17N3O2. The number of hydrogen-bond donors (Lipinski definition) is 0. The summed E-state index contributed by atoms with van der Waals surface area (Å²) in [6.45, 7) is 2.26. The van der Waals surface area contributed by atoms with Crippen LogP contribution in [0.5, 0.6) is 0 Å². The molecule has 1 atom stereocenters. The molecule has 0 spiro atoms. The molecule has 1 aromatic heterocycles. The summed E-state index contributed by atoms with van der Waals surface area (Å²) in [7, 11) is 0. The third-order valence-corrected chi connectivity index (χ3v) is 4.83.